The molecular formula is C21H21N3O2. The van der Waals surface area contributed by atoms with Crippen LogP contribution in [0.1, 0.15) is 18.1 Å². The lowest BCUT2D eigenvalue weighted by atomic mass is 10.1. The van der Waals surface area contributed by atoms with Crippen LogP contribution in [0.5, 0.6) is 0 Å². The minimum absolute atomic E-state index is 0.128. The van der Waals surface area contributed by atoms with E-state index in [9.17, 15) is 9.59 Å². The SMILES string of the molecule is CCc1ccccc1NC(=O)Cn1nc(-c2ccc(C)cc2)ccc1=O. The molecule has 5 nitrogen and oxygen atoms in total. The molecule has 0 aliphatic rings. The molecule has 2 aromatic carbocycles. The Labute approximate surface area is 152 Å². The van der Waals surface area contributed by atoms with Crippen LogP contribution in [-0.4, -0.2) is 15.7 Å². The Hall–Kier alpha value is -3.21. The minimum atomic E-state index is -0.306. The Morgan fingerprint density at radius 2 is 1.77 bits per heavy atom. The molecule has 132 valence electrons. The molecule has 0 atom stereocenters. The number of aryl methyl sites for hydroxylation is 2. The zero-order chi connectivity index (χ0) is 18.5. The standard InChI is InChI=1S/C21H21N3O2/c1-3-16-6-4-5-7-18(16)22-20(25)14-24-21(26)13-12-19(23-24)17-10-8-15(2)9-11-17/h4-13H,3,14H2,1-2H3,(H,22,25). The van der Waals surface area contributed by atoms with Crippen LogP contribution in [0.25, 0.3) is 11.3 Å². The van der Waals surface area contributed by atoms with Crippen LogP contribution < -0.4 is 10.9 Å². The van der Waals surface area contributed by atoms with E-state index < -0.39 is 0 Å². The van der Waals surface area contributed by atoms with Gasteiger partial charge in [-0.1, -0.05) is 55.0 Å². The quantitative estimate of drug-likeness (QED) is 0.769. The second kappa shape index (κ2) is 7.78. The molecule has 1 N–H and O–H groups in total. The van der Waals surface area contributed by atoms with Crippen LogP contribution in [0.4, 0.5) is 5.69 Å². The maximum atomic E-state index is 12.4. The monoisotopic (exact) mass is 347 g/mol. The van der Waals surface area contributed by atoms with Crippen molar-refractivity contribution < 1.29 is 4.79 Å². The Bertz CT molecular complexity index is 975. The van der Waals surface area contributed by atoms with E-state index in [1.54, 1.807) is 6.07 Å². The molecule has 0 fully saturated rings. The van der Waals surface area contributed by atoms with Crippen molar-refractivity contribution in [1.82, 2.24) is 9.78 Å². The molecule has 0 radical (unpaired) electrons. The lowest BCUT2D eigenvalue weighted by Gasteiger charge is -2.11. The maximum absolute atomic E-state index is 12.4. The second-order valence-corrected chi connectivity index (χ2v) is 6.14. The molecule has 0 aliphatic heterocycles. The highest BCUT2D eigenvalue weighted by Crippen LogP contribution is 2.17. The number of hydrogen-bond acceptors (Lipinski definition) is 3. The van der Waals surface area contributed by atoms with Crippen LogP contribution in [-0.2, 0) is 17.8 Å². The molecule has 0 bridgehead atoms. The average molecular weight is 347 g/mol. The largest absolute Gasteiger partial charge is 0.324 e. The van der Waals surface area contributed by atoms with Gasteiger partial charge in [-0.15, -0.1) is 0 Å². The van der Waals surface area contributed by atoms with Crippen molar-refractivity contribution in [3.8, 4) is 11.3 Å². The van der Waals surface area contributed by atoms with E-state index in [0.29, 0.717) is 5.69 Å². The Morgan fingerprint density at radius 3 is 2.50 bits per heavy atom. The first-order chi connectivity index (χ1) is 12.6. The predicted octanol–water partition coefficient (Wildman–Crippen LogP) is 3.42. The van der Waals surface area contributed by atoms with Gasteiger partial charge in [-0.25, -0.2) is 4.68 Å². The molecule has 1 heterocycles. The molecule has 3 aromatic rings. The number of carbonyl (C=O) groups is 1. The Morgan fingerprint density at radius 1 is 1.04 bits per heavy atom. The third kappa shape index (κ3) is 4.06. The van der Waals surface area contributed by atoms with Crippen LogP contribution in [0, 0.1) is 6.92 Å². The third-order valence-electron chi connectivity index (χ3n) is 4.18. The van der Waals surface area contributed by atoms with Crippen LogP contribution in [0.3, 0.4) is 0 Å². The smallest absolute Gasteiger partial charge is 0.267 e. The number of nitrogens with one attached hydrogen (secondary N) is 1. The highest BCUT2D eigenvalue weighted by atomic mass is 16.2. The van der Waals surface area contributed by atoms with Crippen LogP contribution >= 0.6 is 0 Å². The molecular weight excluding hydrogens is 326 g/mol. The maximum Gasteiger partial charge on any atom is 0.267 e. The summed E-state index contributed by atoms with van der Waals surface area (Å²) in [5.74, 6) is -0.276. The fourth-order valence-corrected chi connectivity index (χ4v) is 2.72. The lowest BCUT2D eigenvalue weighted by molar-refractivity contribution is -0.117. The molecule has 0 aliphatic carbocycles. The molecule has 5 heteroatoms. The number of carbonyl (C=O) groups excluding carboxylic acids is 1. The fourth-order valence-electron chi connectivity index (χ4n) is 2.72. The van der Waals surface area contributed by atoms with Gasteiger partial charge in [-0.05, 0) is 31.0 Å². The summed E-state index contributed by atoms with van der Waals surface area (Å²) in [6, 6.07) is 18.6. The van der Waals surface area contributed by atoms with E-state index in [-0.39, 0.29) is 18.0 Å². The number of para-hydroxylation sites is 1. The molecule has 0 saturated carbocycles. The molecule has 1 aromatic heterocycles. The first-order valence-electron chi connectivity index (χ1n) is 8.60. The van der Waals surface area contributed by atoms with Gasteiger partial charge in [0.05, 0.1) is 5.69 Å². The van der Waals surface area contributed by atoms with Gasteiger partial charge in [-0.3, -0.25) is 9.59 Å². The summed E-state index contributed by atoms with van der Waals surface area (Å²) in [7, 11) is 0. The number of hydrogen-bond donors (Lipinski definition) is 1. The minimum Gasteiger partial charge on any atom is -0.324 e. The van der Waals surface area contributed by atoms with Gasteiger partial charge < -0.3 is 5.32 Å². The first kappa shape index (κ1) is 17.6. The summed E-state index contributed by atoms with van der Waals surface area (Å²) >= 11 is 0. The number of amides is 1. The third-order valence-corrected chi connectivity index (χ3v) is 4.18. The van der Waals surface area contributed by atoms with E-state index >= 15 is 0 Å². The molecule has 26 heavy (non-hydrogen) atoms. The van der Waals surface area contributed by atoms with Gasteiger partial charge in [0.1, 0.15) is 6.54 Å². The van der Waals surface area contributed by atoms with E-state index in [2.05, 4.69) is 10.4 Å². The van der Waals surface area contributed by atoms with Crippen molar-refractivity contribution >= 4 is 11.6 Å². The van der Waals surface area contributed by atoms with Gasteiger partial charge in [-0.2, -0.15) is 5.10 Å². The Kier molecular flexibility index (Phi) is 5.27. The van der Waals surface area contributed by atoms with Crippen molar-refractivity contribution in [2.24, 2.45) is 0 Å². The topological polar surface area (TPSA) is 64.0 Å². The summed E-state index contributed by atoms with van der Waals surface area (Å²) in [6.45, 7) is 3.91. The molecule has 0 spiro atoms. The number of anilines is 1. The summed E-state index contributed by atoms with van der Waals surface area (Å²) in [4.78, 5) is 24.5. The van der Waals surface area contributed by atoms with E-state index in [1.807, 2.05) is 62.4 Å². The van der Waals surface area contributed by atoms with E-state index in [4.69, 9.17) is 0 Å². The predicted molar refractivity (Wildman–Crippen MR) is 103 cm³/mol. The van der Waals surface area contributed by atoms with Gasteiger partial charge in [0.25, 0.3) is 5.56 Å². The number of aromatic nitrogens is 2. The van der Waals surface area contributed by atoms with Crippen molar-refractivity contribution in [3.63, 3.8) is 0 Å². The fraction of sp³-hybridized carbons (Fsp3) is 0.190. The zero-order valence-corrected chi connectivity index (χ0v) is 14.9. The van der Waals surface area contributed by atoms with Crippen LogP contribution in [0.15, 0.2) is 65.5 Å². The normalized spacial score (nSPS) is 10.5. The molecule has 3 rings (SSSR count). The van der Waals surface area contributed by atoms with Crippen molar-refractivity contribution in [2.45, 2.75) is 26.8 Å². The lowest BCUT2D eigenvalue weighted by Crippen LogP contribution is -2.29. The van der Waals surface area contributed by atoms with Crippen LogP contribution in [0.2, 0.25) is 0 Å². The number of benzene rings is 2. The van der Waals surface area contributed by atoms with Gasteiger partial charge in [0, 0.05) is 17.3 Å². The highest BCUT2D eigenvalue weighted by molar-refractivity contribution is 5.91. The van der Waals surface area contributed by atoms with E-state index in [0.717, 1.165) is 28.8 Å². The van der Waals surface area contributed by atoms with Gasteiger partial charge in [0.15, 0.2) is 0 Å². The van der Waals surface area contributed by atoms with Gasteiger partial charge >= 0.3 is 0 Å². The van der Waals surface area contributed by atoms with Crippen molar-refractivity contribution in [1.29, 1.82) is 0 Å². The summed E-state index contributed by atoms with van der Waals surface area (Å²) < 4.78 is 1.19. The van der Waals surface area contributed by atoms with E-state index in [1.165, 1.54) is 10.7 Å². The summed E-state index contributed by atoms with van der Waals surface area (Å²) in [5.41, 5.74) is 4.22. The highest BCUT2D eigenvalue weighted by Gasteiger charge is 2.10. The second-order valence-electron chi connectivity index (χ2n) is 6.14. The summed E-state index contributed by atoms with van der Waals surface area (Å²) in [5, 5.41) is 7.20. The van der Waals surface area contributed by atoms with Crippen molar-refractivity contribution in [2.75, 3.05) is 5.32 Å². The average Bonchev–Trinajstić information content (AvgIpc) is 2.64. The zero-order valence-electron chi connectivity index (χ0n) is 14.9. The van der Waals surface area contributed by atoms with Crippen molar-refractivity contribution in [3.05, 3.63) is 82.1 Å². The number of rotatable bonds is 5. The summed E-state index contributed by atoms with van der Waals surface area (Å²) in [6.07, 6.45) is 0.817. The molecule has 1 amide bonds. The first-order valence-corrected chi connectivity index (χ1v) is 8.60. The molecule has 0 saturated heterocycles. The Balaban J connectivity index is 1.81. The van der Waals surface area contributed by atoms with Gasteiger partial charge in [0.2, 0.25) is 5.91 Å². The number of nitrogens with zero attached hydrogens (tertiary/aromatic N) is 2. The molecule has 0 unspecified atom stereocenters.